The van der Waals surface area contributed by atoms with Crippen molar-refractivity contribution in [2.45, 2.75) is 18.1 Å². The molecule has 4 nitrogen and oxygen atoms in total. The molecule has 0 amide bonds. The van der Waals surface area contributed by atoms with E-state index < -0.39 is 20.5 Å². The highest BCUT2D eigenvalue weighted by Gasteiger charge is 2.69. The smallest absolute Gasteiger partial charge is 0.154 e. The van der Waals surface area contributed by atoms with Crippen LogP contribution >= 0.6 is 15.9 Å². The number of rotatable bonds is 5. The number of benzene rings is 1. The maximum atomic E-state index is 12.1. The van der Waals surface area contributed by atoms with Crippen LogP contribution in [0.5, 0.6) is 0 Å². The summed E-state index contributed by atoms with van der Waals surface area (Å²) in [5.41, 5.74) is -0.101. The molecule has 0 radical (unpaired) electrons. The molecule has 2 rings (SSSR count). The van der Waals surface area contributed by atoms with Crippen molar-refractivity contribution in [1.82, 2.24) is 0 Å². The summed E-state index contributed by atoms with van der Waals surface area (Å²) in [5.74, 6) is -0.313. The first-order chi connectivity index (χ1) is 8.93. The predicted molar refractivity (Wildman–Crippen MR) is 76.7 cm³/mol. The minimum Gasteiger partial charge on any atom is -0.396 e. The maximum absolute atomic E-state index is 12.1. The van der Waals surface area contributed by atoms with Crippen molar-refractivity contribution >= 4 is 25.8 Å². The van der Waals surface area contributed by atoms with Crippen LogP contribution < -0.4 is 0 Å². The summed E-state index contributed by atoms with van der Waals surface area (Å²) in [5, 5.41) is 18.4. The Bertz CT molecular complexity index is 549. The van der Waals surface area contributed by atoms with Crippen LogP contribution in [-0.4, -0.2) is 42.8 Å². The zero-order chi connectivity index (χ0) is 14.3. The van der Waals surface area contributed by atoms with E-state index in [2.05, 4.69) is 15.9 Å². The van der Waals surface area contributed by atoms with Gasteiger partial charge in [-0.3, -0.25) is 0 Å². The lowest BCUT2D eigenvalue weighted by Crippen LogP contribution is -2.23. The summed E-state index contributed by atoms with van der Waals surface area (Å²) in [4.78, 5) is 0. The zero-order valence-corrected chi connectivity index (χ0v) is 13.0. The van der Waals surface area contributed by atoms with Crippen LogP contribution in [-0.2, 0) is 9.84 Å². The molecule has 0 spiro atoms. The Morgan fingerprint density at radius 2 is 1.74 bits per heavy atom. The fourth-order valence-corrected chi connectivity index (χ4v) is 5.20. The Labute approximate surface area is 121 Å². The van der Waals surface area contributed by atoms with E-state index in [9.17, 15) is 18.6 Å². The molecular weight excluding hydrogens is 332 g/mol. The second-order valence-electron chi connectivity index (χ2n) is 4.95. The van der Waals surface area contributed by atoms with Crippen molar-refractivity contribution in [2.75, 3.05) is 19.0 Å². The van der Waals surface area contributed by atoms with Gasteiger partial charge in [0, 0.05) is 21.6 Å². The quantitative estimate of drug-likeness (QED) is 0.841. The van der Waals surface area contributed by atoms with Crippen LogP contribution in [0.25, 0.3) is 0 Å². The molecule has 0 bridgehead atoms. The highest BCUT2D eigenvalue weighted by Crippen LogP contribution is 2.62. The Morgan fingerprint density at radius 1 is 1.21 bits per heavy atom. The molecule has 0 heterocycles. The maximum Gasteiger partial charge on any atom is 0.154 e. The fourth-order valence-electron chi connectivity index (χ4n) is 2.80. The molecule has 0 saturated heterocycles. The van der Waals surface area contributed by atoms with Crippen molar-refractivity contribution in [3.05, 3.63) is 34.3 Å². The van der Waals surface area contributed by atoms with Gasteiger partial charge in [-0.05, 0) is 17.7 Å². The van der Waals surface area contributed by atoms with E-state index in [1.165, 1.54) is 0 Å². The summed E-state index contributed by atoms with van der Waals surface area (Å²) in [6, 6.07) is 7.34. The normalized spacial score (nSPS) is 25.3. The number of halogens is 1. The van der Waals surface area contributed by atoms with Crippen LogP contribution in [0.1, 0.15) is 18.4 Å². The van der Waals surface area contributed by atoms with Gasteiger partial charge in [-0.15, -0.1) is 0 Å². The summed E-state index contributed by atoms with van der Waals surface area (Å²) >= 11 is 3.33. The summed E-state index contributed by atoms with van der Waals surface area (Å²) in [6.45, 7) is 0.939. The molecule has 19 heavy (non-hydrogen) atoms. The van der Waals surface area contributed by atoms with Crippen LogP contribution in [0.15, 0.2) is 28.7 Å². The van der Waals surface area contributed by atoms with Gasteiger partial charge in [0.05, 0.1) is 18.5 Å². The first-order valence-corrected chi connectivity index (χ1v) is 8.62. The number of sulfone groups is 1. The van der Waals surface area contributed by atoms with E-state index in [4.69, 9.17) is 0 Å². The zero-order valence-electron chi connectivity index (χ0n) is 10.6. The van der Waals surface area contributed by atoms with E-state index in [-0.39, 0.29) is 24.9 Å². The second kappa shape index (κ2) is 5.16. The van der Waals surface area contributed by atoms with Gasteiger partial charge in [0.25, 0.3) is 0 Å². The average Bonchev–Trinajstić information content (AvgIpc) is 3.10. The Hall–Kier alpha value is -0.430. The molecule has 0 unspecified atom stereocenters. The number of aliphatic hydroxyl groups excluding tert-OH is 2. The van der Waals surface area contributed by atoms with E-state index in [0.717, 1.165) is 10.0 Å². The monoisotopic (exact) mass is 348 g/mol. The predicted octanol–water partition coefficient (Wildman–Crippen LogP) is 1.32. The van der Waals surface area contributed by atoms with Gasteiger partial charge < -0.3 is 10.2 Å². The van der Waals surface area contributed by atoms with Crippen LogP contribution in [0.2, 0.25) is 0 Å². The standard InChI is InChI=1S/C13H17BrO4S/c1-2-19(17,18)12-11(13(12,7-15)8-16)9-3-5-10(14)6-4-9/h3-6,11-12,15-16H,2,7-8H2,1H3/t11-,12+/m1/s1. The van der Waals surface area contributed by atoms with Crippen molar-refractivity contribution in [3.63, 3.8) is 0 Å². The minimum atomic E-state index is -3.30. The molecule has 106 valence electrons. The van der Waals surface area contributed by atoms with Gasteiger partial charge in [0.2, 0.25) is 0 Å². The second-order valence-corrected chi connectivity index (χ2v) is 8.28. The van der Waals surface area contributed by atoms with Crippen molar-refractivity contribution in [1.29, 1.82) is 0 Å². The van der Waals surface area contributed by atoms with Crippen LogP contribution in [0, 0.1) is 5.41 Å². The third kappa shape index (κ3) is 2.35. The fraction of sp³-hybridized carbons (Fsp3) is 0.538. The largest absolute Gasteiger partial charge is 0.396 e. The average molecular weight is 349 g/mol. The van der Waals surface area contributed by atoms with E-state index in [1.807, 2.05) is 24.3 Å². The van der Waals surface area contributed by atoms with Crippen LogP contribution in [0.3, 0.4) is 0 Å². The molecule has 2 atom stereocenters. The van der Waals surface area contributed by atoms with Gasteiger partial charge >= 0.3 is 0 Å². The van der Waals surface area contributed by atoms with E-state index in [1.54, 1.807) is 6.92 Å². The molecule has 1 aliphatic carbocycles. The lowest BCUT2D eigenvalue weighted by molar-refractivity contribution is 0.130. The highest BCUT2D eigenvalue weighted by atomic mass is 79.9. The third-order valence-corrected chi connectivity index (χ3v) is 6.84. The van der Waals surface area contributed by atoms with Gasteiger partial charge in [0.1, 0.15) is 0 Å². The third-order valence-electron chi connectivity index (χ3n) is 3.99. The molecule has 0 aliphatic heterocycles. The summed E-state index contributed by atoms with van der Waals surface area (Å²) < 4.78 is 25.1. The molecule has 0 aromatic heterocycles. The lowest BCUT2D eigenvalue weighted by atomic mass is 10.0. The van der Waals surface area contributed by atoms with Gasteiger partial charge in [-0.2, -0.15) is 0 Å². The van der Waals surface area contributed by atoms with Crippen molar-refractivity contribution < 1.29 is 18.6 Å². The number of hydrogen-bond donors (Lipinski definition) is 2. The highest BCUT2D eigenvalue weighted by molar-refractivity contribution is 9.10. The molecule has 1 aliphatic rings. The molecule has 2 N–H and O–H groups in total. The molecule has 1 aromatic rings. The molecule has 6 heteroatoms. The van der Waals surface area contributed by atoms with E-state index >= 15 is 0 Å². The Kier molecular flexibility index (Phi) is 4.07. The first-order valence-electron chi connectivity index (χ1n) is 6.11. The molecule has 1 aromatic carbocycles. The lowest BCUT2D eigenvalue weighted by Gasteiger charge is -2.10. The van der Waals surface area contributed by atoms with Gasteiger partial charge in [-0.1, -0.05) is 35.0 Å². The Balaban J connectivity index is 2.42. The van der Waals surface area contributed by atoms with Gasteiger partial charge in [-0.25, -0.2) is 8.42 Å². The van der Waals surface area contributed by atoms with E-state index in [0.29, 0.717) is 0 Å². The topological polar surface area (TPSA) is 74.6 Å². The minimum absolute atomic E-state index is 0.0203. The van der Waals surface area contributed by atoms with Gasteiger partial charge in [0.15, 0.2) is 9.84 Å². The molecule has 1 fully saturated rings. The van der Waals surface area contributed by atoms with Crippen molar-refractivity contribution in [3.8, 4) is 0 Å². The number of aliphatic hydroxyl groups is 2. The van der Waals surface area contributed by atoms with Crippen LogP contribution in [0.4, 0.5) is 0 Å². The first kappa shape index (κ1) is 15.0. The molecular formula is C13H17BrO4S. The van der Waals surface area contributed by atoms with Crippen molar-refractivity contribution in [2.24, 2.45) is 5.41 Å². The summed E-state index contributed by atoms with van der Waals surface area (Å²) in [6.07, 6.45) is 0. The Morgan fingerprint density at radius 3 is 2.16 bits per heavy atom. The SMILES string of the molecule is CCS(=O)(=O)[C@H]1[C@@H](c2ccc(Br)cc2)C1(CO)CO. The number of hydrogen-bond acceptors (Lipinski definition) is 4. The summed E-state index contributed by atoms with van der Waals surface area (Å²) in [7, 11) is -3.30. The molecule has 1 saturated carbocycles.